The van der Waals surface area contributed by atoms with Crippen LogP contribution in [0.25, 0.3) is 0 Å². The summed E-state index contributed by atoms with van der Waals surface area (Å²) in [6.07, 6.45) is 26.6. The molecule has 0 saturated carbocycles. The average molecular weight is 371 g/mol. The molecule has 0 amide bonds. The minimum atomic E-state index is 0.378. The van der Waals surface area contributed by atoms with Crippen molar-refractivity contribution >= 4 is 6.47 Å². The first kappa shape index (κ1) is 25.4. The van der Waals surface area contributed by atoms with Crippen molar-refractivity contribution in [3.8, 4) is 0 Å². The van der Waals surface area contributed by atoms with Gasteiger partial charge in [0.05, 0.1) is 0 Å². The van der Waals surface area contributed by atoms with Gasteiger partial charge in [0.1, 0.15) is 0 Å². The van der Waals surface area contributed by atoms with Gasteiger partial charge >= 0.3 is 6.47 Å². The molecule has 4 nitrogen and oxygen atoms in total. The first-order valence-corrected chi connectivity index (χ1v) is 11.5. The Hall–Kier alpha value is -0.610. The second-order valence-electron chi connectivity index (χ2n) is 7.61. The maximum Gasteiger partial charge on any atom is 0.314 e. The van der Waals surface area contributed by atoms with E-state index < -0.39 is 0 Å². The Morgan fingerprint density at radius 1 is 0.577 bits per heavy atom. The second kappa shape index (κ2) is 24.4. The summed E-state index contributed by atoms with van der Waals surface area (Å²) in [5, 5.41) is 0. The second-order valence-corrected chi connectivity index (χ2v) is 7.61. The van der Waals surface area contributed by atoms with Gasteiger partial charge in [-0.05, 0) is 6.42 Å². The Bertz CT molecular complexity index is 263. The van der Waals surface area contributed by atoms with Gasteiger partial charge in [0.25, 0.3) is 0 Å². The molecule has 0 aliphatic heterocycles. The van der Waals surface area contributed by atoms with Gasteiger partial charge < -0.3 is 4.84 Å². The highest BCUT2D eigenvalue weighted by Crippen LogP contribution is 2.14. The van der Waals surface area contributed by atoms with E-state index in [2.05, 4.69) is 22.8 Å². The molecular formula is C22H46N2O2. The molecule has 0 unspecified atom stereocenters. The number of hydrogen-bond donors (Lipinski definition) is 2. The van der Waals surface area contributed by atoms with Crippen LogP contribution in [0, 0.1) is 0 Å². The van der Waals surface area contributed by atoms with Crippen LogP contribution < -0.4 is 11.0 Å². The summed E-state index contributed by atoms with van der Waals surface area (Å²) in [4.78, 5) is 14.2. The van der Waals surface area contributed by atoms with E-state index in [0.717, 1.165) is 13.0 Å². The van der Waals surface area contributed by atoms with Crippen LogP contribution in [-0.2, 0) is 9.63 Å². The van der Waals surface area contributed by atoms with Crippen molar-refractivity contribution in [1.29, 1.82) is 0 Å². The van der Waals surface area contributed by atoms with Gasteiger partial charge in [-0.2, -0.15) is 0 Å². The largest absolute Gasteiger partial charge is 0.359 e. The third-order valence-electron chi connectivity index (χ3n) is 5.08. The Morgan fingerprint density at radius 3 is 1.27 bits per heavy atom. The first-order valence-electron chi connectivity index (χ1n) is 11.5. The lowest BCUT2D eigenvalue weighted by Gasteiger charge is -2.05. The number of unbranched alkanes of at least 4 members (excludes halogenated alkanes) is 18. The van der Waals surface area contributed by atoms with E-state index >= 15 is 0 Å². The molecule has 0 radical (unpaired) electrons. The number of rotatable bonds is 23. The maximum absolute atomic E-state index is 9.89. The SMILES string of the molecule is CCCCCCCCCCCCCCCCCCCCCNNOC=O. The Morgan fingerprint density at radius 2 is 0.923 bits per heavy atom. The van der Waals surface area contributed by atoms with Gasteiger partial charge in [-0.1, -0.05) is 128 Å². The first-order chi connectivity index (χ1) is 12.9. The molecule has 0 aliphatic carbocycles. The molecule has 2 N–H and O–H groups in total. The van der Waals surface area contributed by atoms with Crippen molar-refractivity contribution in [3.05, 3.63) is 0 Å². The fourth-order valence-electron chi connectivity index (χ4n) is 3.41. The molecule has 0 aromatic heterocycles. The highest BCUT2D eigenvalue weighted by Gasteiger charge is 1.95. The van der Waals surface area contributed by atoms with Crippen molar-refractivity contribution < 1.29 is 9.63 Å². The predicted molar refractivity (Wildman–Crippen MR) is 112 cm³/mol. The molecule has 0 aliphatic rings. The molecule has 0 saturated heterocycles. The van der Waals surface area contributed by atoms with Gasteiger partial charge in [-0.3, -0.25) is 4.79 Å². The number of hydrogen-bond acceptors (Lipinski definition) is 4. The normalized spacial score (nSPS) is 11.0. The maximum atomic E-state index is 9.89. The molecule has 0 atom stereocenters. The summed E-state index contributed by atoms with van der Waals surface area (Å²) in [5.74, 6) is 0. The molecule has 0 bridgehead atoms. The van der Waals surface area contributed by atoms with E-state index in [4.69, 9.17) is 0 Å². The molecule has 26 heavy (non-hydrogen) atoms. The zero-order valence-electron chi connectivity index (χ0n) is 17.5. The van der Waals surface area contributed by atoms with Gasteiger partial charge in [0.2, 0.25) is 0 Å². The third kappa shape index (κ3) is 23.4. The van der Waals surface area contributed by atoms with Crippen molar-refractivity contribution in [1.82, 2.24) is 11.0 Å². The molecule has 0 fully saturated rings. The Labute approximate surface area is 163 Å². The molecular weight excluding hydrogens is 324 g/mol. The van der Waals surface area contributed by atoms with E-state index in [1.54, 1.807) is 0 Å². The van der Waals surface area contributed by atoms with Crippen LogP contribution in [0.3, 0.4) is 0 Å². The Kier molecular flexibility index (Phi) is 23.8. The molecule has 0 rings (SSSR count). The summed E-state index contributed by atoms with van der Waals surface area (Å²) in [6.45, 7) is 3.51. The molecule has 0 aromatic rings. The van der Waals surface area contributed by atoms with Gasteiger partial charge in [-0.25, -0.2) is 5.43 Å². The zero-order chi connectivity index (χ0) is 19.0. The predicted octanol–water partition coefficient (Wildman–Crippen LogP) is 6.60. The van der Waals surface area contributed by atoms with E-state index in [9.17, 15) is 4.79 Å². The molecule has 0 heterocycles. The standard InChI is InChI=1S/C22H46N2O2/c1-2-3-4-5-6-7-8-9-10-11-12-13-14-15-16-17-18-19-20-21-23-24-26-22-25/h22-24H,2-21H2,1H3. The van der Waals surface area contributed by atoms with Gasteiger partial charge in [0.15, 0.2) is 0 Å². The summed E-state index contributed by atoms with van der Waals surface area (Å²) in [5.41, 5.74) is 5.22. The van der Waals surface area contributed by atoms with Crippen LogP contribution in [0.4, 0.5) is 0 Å². The van der Waals surface area contributed by atoms with Gasteiger partial charge in [0, 0.05) is 6.54 Å². The number of hydrazine groups is 1. The molecule has 0 spiro atoms. The van der Waals surface area contributed by atoms with Crippen molar-refractivity contribution in [2.45, 2.75) is 129 Å². The van der Waals surface area contributed by atoms with E-state index in [0.29, 0.717) is 6.47 Å². The Balaban J connectivity index is 2.96. The number of carbonyl (C=O) groups is 1. The third-order valence-corrected chi connectivity index (χ3v) is 5.08. The molecule has 4 heteroatoms. The lowest BCUT2D eigenvalue weighted by molar-refractivity contribution is -0.137. The summed E-state index contributed by atoms with van der Waals surface area (Å²) in [7, 11) is 0. The highest BCUT2D eigenvalue weighted by molar-refractivity contribution is 5.36. The highest BCUT2D eigenvalue weighted by atomic mass is 16.7. The lowest BCUT2D eigenvalue weighted by atomic mass is 10.0. The molecule has 0 aromatic carbocycles. The molecule has 156 valence electrons. The fraction of sp³-hybridized carbons (Fsp3) is 0.955. The van der Waals surface area contributed by atoms with E-state index in [-0.39, 0.29) is 0 Å². The van der Waals surface area contributed by atoms with Crippen LogP contribution in [0.1, 0.15) is 129 Å². The minimum Gasteiger partial charge on any atom is -0.359 e. The van der Waals surface area contributed by atoms with Crippen molar-refractivity contribution in [3.63, 3.8) is 0 Å². The topological polar surface area (TPSA) is 50.4 Å². The quantitative estimate of drug-likeness (QED) is 0.121. The van der Waals surface area contributed by atoms with Crippen LogP contribution in [0.5, 0.6) is 0 Å². The average Bonchev–Trinajstić information content (AvgIpc) is 2.66. The zero-order valence-corrected chi connectivity index (χ0v) is 17.5. The minimum absolute atomic E-state index is 0.378. The van der Waals surface area contributed by atoms with Crippen LogP contribution in [0.15, 0.2) is 0 Å². The number of carbonyl (C=O) groups excluding carboxylic acids is 1. The summed E-state index contributed by atoms with van der Waals surface area (Å²) < 4.78 is 0. The van der Waals surface area contributed by atoms with Crippen molar-refractivity contribution in [2.75, 3.05) is 6.54 Å². The van der Waals surface area contributed by atoms with Crippen LogP contribution in [-0.4, -0.2) is 13.0 Å². The summed E-state index contributed by atoms with van der Waals surface area (Å²) >= 11 is 0. The fourth-order valence-corrected chi connectivity index (χ4v) is 3.41. The lowest BCUT2D eigenvalue weighted by Crippen LogP contribution is -2.32. The van der Waals surface area contributed by atoms with E-state index in [1.165, 1.54) is 116 Å². The van der Waals surface area contributed by atoms with Crippen molar-refractivity contribution in [2.24, 2.45) is 0 Å². The van der Waals surface area contributed by atoms with Crippen LogP contribution in [0.2, 0.25) is 0 Å². The monoisotopic (exact) mass is 370 g/mol. The van der Waals surface area contributed by atoms with Crippen LogP contribution >= 0.6 is 0 Å². The number of nitrogens with one attached hydrogen (secondary N) is 2. The van der Waals surface area contributed by atoms with E-state index in [1.807, 2.05) is 0 Å². The smallest absolute Gasteiger partial charge is 0.314 e. The summed E-state index contributed by atoms with van der Waals surface area (Å²) in [6, 6.07) is 0. The van der Waals surface area contributed by atoms with Gasteiger partial charge in [-0.15, -0.1) is 0 Å².